The third-order valence-corrected chi connectivity index (χ3v) is 6.63. The molecular formula is C23H23BN4O3S. The van der Waals surface area contributed by atoms with Crippen molar-refractivity contribution in [2.75, 3.05) is 5.32 Å². The van der Waals surface area contributed by atoms with Crippen molar-refractivity contribution in [1.82, 2.24) is 9.97 Å². The van der Waals surface area contributed by atoms with Crippen LogP contribution >= 0.6 is 11.3 Å². The van der Waals surface area contributed by atoms with E-state index in [1.165, 1.54) is 11.3 Å². The molecule has 0 saturated carbocycles. The van der Waals surface area contributed by atoms with Crippen LogP contribution in [-0.4, -0.2) is 33.0 Å². The molecule has 2 aromatic heterocycles. The second kappa shape index (κ2) is 8.70. The van der Waals surface area contributed by atoms with Gasteiger partial charge in [0, 0.05) is 38.3 Å². The maximum atomic E-state index is 11.9. The van der Waals surface area contributed by atoms with Crippen molar-refractivity contribution >= 4 is 45.7 Å². The average Bonchev–Trinajstić information content (AvgIpc) is 3.10. The van der Waals surface area contributed by atoms with Gasteiger partial charge in [0.1, 0.15) is 5.82 Å². The van der Waals surface area contributed by atoms with E-state index in [0.717, 1.165) is 37.3 Å². The summed E-state index contributed by atoms with van der Waals surface area (Å²) in [5, 5.41) is 23.1. The van der Waals surface area contributed by atoms with Gasteiger partial charge in [-0.15, -0.1) is 11.3 Å². The van der Waals surface area contributed by atoms with E-state index in [0.29, 0.717) is 29.2 Å². The number of thiophene rings is 1. The molecule has 32 heavy (non-hydrogen) atoms. The Morgan fingerprint density at radius 3 is 2.59 bits per heavy atom. The number of primary amides is 1. The molecule has 0 atom stereocenters. The van der Waals surface area contributed by atoms with Gasteiger partial charge in [-0.1, -0.05) is 36.4 Å². The van der Waals surface area contributed by atoms with Crippen LogP contribution in [0.1, 0.15) is 32.1 Å². The smallest absolute Gasteiger partial charge is 0.423 e. The molecule has 162 valence electrons. The number of nitrogens with one attached hydrogen (secondary N) is 1. The molecule has 7 nitrogen and oxygen atoms in total. The van der Waals surface area contributed by atoms with Crippen molar-refractivity contribution in [2.24, 2.45) is 5.73 Å². The van der Waals surface area contributed by atoms with Crippen LogP contribution in [0.25, 0.3) is 21.5 Å². The number of nitrogens with two attached hydrogens (primary N) is 1. The summed E-state index contributed by atoms with van der Waals surface area (Å²) in [5.74, 6) is 0.828. The lowest BCUT2D eigenvalue weighted by atomic mass is 9.79. The van der Waals surface area contributed by atoms with E-state index >= 15 is 0 Å². The number of hydrogen-bond acceptors (Lipinski definition) is 7. The van der Waals surface area contributed by atoms with Gasteiger partial charge in [-0.2, -0.15) is 0 Å². The predicted octanol–water partition coefficient (Wildman–Crippen LogP) is 2.67. The van der Waals surface area contributed by atoms with E-state index in [-0.39, 0.29) is 0 Å². The Morgan fingerprint density at radius 2 is 1.88 bits per heavy atom. The molecular weight excluding hydrogens is 423 g/mol. The van der Waals surface area contributed by atoms with E-state index in [2.05, 4.69) is 5.32 Å². The number of aromatic nitrogens is 2. The van der Waals surface area contributed by atoms with Gasteiger partial charge in [-0.25, -0.2) is 9.97 Å². The molecule has 0 aliphatic rings. The fourth-order valence-electron chi connectivity index (χ4n) is 3.67. The van der Waals surface area contributed by atoms with Gasteiger partial charge in [-0.3, -0.25) is 4.79 Å². The largest absolute Gasteiger partial charge is 0.488 e. The lowest BCUT2D eigenvalue weighted by Gasteiger charge is -2.13. The summed E-state index contributed by atoms with van der Waals surface area (Å²) in [5.41, 5.74) is 10.1. The maximum absolute atomic E-state index is 11.9. The molecule has 0 aliphatic carbocycles. The topological polar surface area (TPSA) is 121 Å². The van der Waals surface area contributed by atoms with Crippen LogP contribution in [0.2, 0.25) is 0 Å². The standard InChI is InChI=1S/C23H23BN4O3S/c1-12-13(2)27-23(19-14(3)32-20-17(19)8-5-9-18(20)21(25)29)28-22(12)26-11-15-6-4-7-16(10-15)24(30)31/h4-10,30-31H,11H2,1-3H3,(H2,25,29)(H,26,27,28). The molecule has 4 aromatic rings. The van der Waals surface area contributed by atoms with E-state index < -0.39 is 13.0 Å². The highest BCUT2D eigenvalue weighted by Crippen LogP contribution is 2.39. The van der Waals surface area contributed by atoms with Crippen molar-refractivity contribution in [3.63, 3.8) is 0 Å². The fraction of sp³-hybridized carbons (Fsp3) is 0.174. The molecule has 5 N–H and O–H groups in total. The lowest BCUT2D eigenvalue weighted by Crippen LogP contribution is -2.30. The molecule has 9 heteroatoms. The number of carbonyl (C=O) groups is 1. The number of rotatable bonds is 6. The summed E-state index contributed by atoms with van der Waals surface area (Å²) in [4.78, 5) is 22.4. The SMILES string of the molecule is Cc1nc(-c2c(C)sc3c(C(N)=O)cccc23)nc(NCc2cccc(B(O)O)c2)c1C. The number of anilines is 1. The highest BCUT2D eigenvalue weighted by atomic mass is 32.1. The van der Waals surface area contributed by atoms with Crippen LogP contribution in [0.4, 0.5) is 5.82 Å². The maximum Gasteiger partial charge on any atom is 0.488 e. The Morgan fingerprint density at radius 1 is 1.12 bits per heavy atom. The van der Waals surface area contributed by atoms with E-state index in [1.807, 2.05) is 39.0 Å². The Kier molecular flexibility index (Phi) is 5.97. The zero-order valence-corrected chi connectivity index (χ0v) is 18.8. The minimum atomic E-state index is -1.51. The number of hydrogen-bond donors (Lipinski definition) is 4. The molecule has 0 fully saturated rings. The second-order valence-electron chi connectivity index (χ2n) is 7.66. The summed E-state index contributed by atoms with van der Waals surface area (Å²) in [6.45, 7) is 6.35. The van der Waals surface area contributed by atoms with Crippen molar-refractivity contribution < 1.29 is 14.8 Å². The molecule has 0 aliphatic heterocycles. The molecule has 0 radical (unpaired) electrons. The van der Waals surface area contributed by atoms with Crippen LogP contribution in [-0.2, 0) is 6.54 Å². The molecule has 0 unspecified atom stereocenters. The van der Waals surface area contributed by atoms with E-state index in [4.69, 9.17) is 15.7 Å². The van der Waals surface area contributed by atoms with Crippen LogP contribution in [0.3, 0.4) is 0 Å². The number of benzene rings is 2. The third kappa shape index (κ3) is 4.10. The van der Waals surface area contributed by atoms with Crippen LogP contribution in [0, 0.1) is 20.8 Å². The Hall–Kier alpha value is -3.27. The normalized spacial score (nSPS) is 11.0. The quantitative estimate of drug-likeness (QED) is 0.338. The number of aryl methyl sites for hydroxylation is 2. The first-order chi connectivity index (χ1) is 15.3. The molecule has 1 amide bonds. The van der Waals surface area contributed by atoms with E-state index in [1.54, 1.807) is 24.3 Å². The fourth-order valence-corrected chi connectivity index (χ4v) is 4.84. The van der Waals surface area contributed by atoms with Gasteiger partial charge >= 0.3 is 7.12 Å². The molecule has 0 saturated heterocycles. The van der Waals surface area contributed by atoms with Crippen molar-refractivity contribution in [2.45, 2.75) is 27.3 Å². The third-order valence-electron chi connectivity index (χ3n) is 5.48. The first-order valence-electron chi connectivity index (χ1n) is 10.1. The highest BCUT2D eigenvalue weighted by molar-refractivity contribution is 7.20. The summed E-state index contributed by atoms with van der Waals surface area (Å²) < 4.78 is 0.836. The zero-order chi connectivity index (χ0) is 23.0. The van der Waals surface area contributed by atoms with Gasteiger partial charge in [0.15, 0.2) is 5.82 Å². The summed E-state index contributed by atoms with van der Waals surface area (Å²) in [6, 6.07) is 12.6. The van der Waals surface area contributed by atoms with Crippen LogP contribution in [0.5, 0.6) is 0 Å². The number of amides is 1. The number of carbonyl (C=O) groups excluding carboxylic acids is 1. The summed E-state index contributed by atoms with van der Waals surface area (Å²) in [7, 11) is -1.51. The van der Waals surface area contributed by atoms with Crippen molar-refractivity contribution in [1.29, 1.82) is 0 Å². The number of nitrogens with zero attached hydrogens (tertiary/aromatic N) is 2. The van der Waals surface area contributed by atoms with E-state index in [9.17, 15) is 14.8 Å². The summed E-state index contributed by atoms with van der Waals surface area (Å²) in [6.07, 6.45) is 0. The molecule has 0 bridgehead atoms. The zero-order valence-electron chi connectivity index (χ0n) is 18.0. The monoisotopic (exact) mass is 446 g/mol. The van der Waals surface area contributed by atoms with Gasteiger partial charge in [0.05, 0.1) is 5.56 Å². The summed E-state index contributed by atoms with van der Waals surface area (Å²) >= 11 is 1.51. The van der Waals surface area contributed by atoms with Crippen molar-refractivity contribution in [3.8, 4) is 11.4 Å². The van der Waals surface area contributed by atoms with Crippen LogP contribution < -0.4 is 16.5 Å². The predicted molar refractivity (Wildman–Crippen MR) is 129 cm³/mol. The average molecular weight is 446 g/mol. The molecule has 2 aromatic carbocycles. The van der Waals surface area contributed by atoms with Gasteiger partial charge in [0.2, 0.25) is 5.91 Å². The van der Waals surface area contributed by atoms with Crippen molar-refractivity contribution in [3.05, 3.63) is 69.7 Å². The Labute approximate surface area is 190 Å². The first-order valence-corrected chi connectivity index (χ1v) is 10.9. The van der Waals surface area contributed by atoms with Gasteiger partial charge in [0.25, 0.3) is 0 Å². The molecule has 4 rings (SSSR count). The van der Waals surface area contributed by atoms with Gasteiger partial charge < -0.3 is 21.1 Å². The highest BCUT2D eigenvalue weighted by Gasteiger charge is 2.19. The Bertz CT molecular complexity index is 1340. The first kappa shape index (κ1) is 21.9. The molecule has 2 heterocycles. The second-order valence-corrected chi connectivity index (χ2v) is 8.88. The number of fused-ring (bicyclic) bond motifs is 1. The molecule has 0 spiro atoms. The minimum absolute atomic E-state index is 0.436. The minimum Gasteiger partial charge on any atom is -0.423 e. The lowest BCUT2D eigenvalue weighted by molar-refractivity contribution is 0.100. The van der Waals surface area contributed by atoms with Gasteiger partial charge in [-0.05, 0) is 37.9 Å². The Balaban J connectivity index is 1.74. The van der Waals surface area contributed by atoms with Crippen LogP contribution in [0.15, 0.2) is 42.5 Å².